The minimum Gasteiger partial charge on any atom is -0.398 e. The minimum atomic E-state index is -0.282. The lowest BCUT2D eigenvalue weighted by Gasteiger charge is -2.42. The maximum atomic E-state index is 7.41. The number of aryl methyl sites for hydroxylation is 1. The number of hydrogen-bond donors (Lipinski definition) is 1. The Morgan fingerprint density at radius 1 is 0.464 bits per heavy atom. The van der Waals surface area contributed by atoms with Crippen LogP contribution in [0.1, 0.15) is 159 Å². The monoisotopic (exact) mass is 905 g/mol. The Kier molecular flexibility index (Phi) is 10.5. The molecule has 0 heterocycles. The van der Waals surface area contributed by atoms with Gasteiger partial charge in [-0.25, -0.2) is 0 Å². The molecule has 4 aliphatic rings. The molecule has 0 aliphatic heterocycles. The molecule has 0 saturated carbocycles. The Balaban J connectivity index is 1.32. The summed E-state index contributed by atoms with van der Waals surface area (Å²) < 4.78 is 0. The zero-order chi connectivity index (χ0) is 48.4. The van der Waals surface area contributed by atoms with E-state index in [4.69, 9.17) is 5.73 Å². The summed E-state index contributed by atoms with van der Waals surface area (Å²) >= 11 is 0. The van der Waals surface area contributed by atoms with Gasteiger partial charge < -0.3 is 10.6 Å². The fourth-order valence-electron chi connectivity index (χ4n) is 13.6. The van der Waals surface area contributed by atoms with E-state index in [1.54, 1.807) is 0 Å². The average molecular weight is 905 g/mol. The first kappa shape index (κ1) is 45.3. The number of fused-ring (bicyclic) bond motifs is 5. The highest BCUT2D eigenvalue weighted by Crippen LogP contribution is 2.62. The second-order valence-corrected chi connectivity index (χ2v) is 24.4. The van der Waals surface area contributed by atoms with Crippen molar-refractivity contribution in [3.8, 4) is 44.5 Å². The van der Waals surface area contributed by atoms with Crippen molar-refractivity contribution in [3.05, 3.63) is 184 Å². The van der Waals surface area contributed by atoms with Crippen LogP contribution in [-0.2, 0) is 27.1 Å². The van der Waals surface area contributed by atoms with E-state index in [1.165, 1.54) is 120 Å². The van der Waals surface area contributed by atoms with E-state index >= 15 is 0 Å². The summed E-state index contributed by atoms with van der Waals surface area (Å²) in [6.07, 6.45) is 10.6. The summed E-state index contributed by atoms with van der Waals surface area (Å²) in [7, 11) is 0. The summed E-state index contributed by atoms with van der Waals surface area (Å²) in [6, 6.07) is 51.6. The van der Waals surface area contributed by atoms with E-state index in [9.17, 15) is 0 Å². The van der Waals surface area contributed by atoms with Gasteiger partial charge in [-0.05, 0) is 188 Å². The van der Waals surface area contributed by atoms with Gasteiger partial charge in [-0.2, -0.15) is 0 Å². The Labute approximate surface area is 413 Å². The van der Waals surface area contributed by atoms with Crippen molar-refractivity contribution in [1.82, 2.24) is 0 Å². The largest absolute Gasteiger partial charge is 0.398 e. The third kappa shape index (κ3) is 7.34. The molecule has 11 rings (SSSR count). The molecule has 4 aliphatic carbocycles. The van der Waals surface area contributed by atoms with E-state index in [0.717, 1.165) is 42.6 Å². The van der Waals surface area contributed by atoms with Crippen LogP contribution in [0.2, 0.25) is 0 Å². The predicted molar refractivity (Wildman–Crippen MR) is 297 cm³/mol. The molecule has 0 atom stereocenters. The Hall–Kier alpha value is -6.12. The molecular formula is C67H72N2. The highest BCUT2D eigenvalue weighted by molar-refractivity contribution is 6.09. The molecule has 2 heteroatoms. The third-order valence-corrected chi connectivity index (χ3v) is 17.4. The molecule has 0 saturated heterocycles. The SMILES string of the molecule is Cc1cc2c(cc1N(c1ccc(-c3ccccc3)cc1)c1c(-c3ccc4c(c3)C(C)(C)CCC4(C)C)c(-c3cc(C4=CCCCC4)ccc3N)cc3c1-c1ccccc1C3(C)C)C(C)(C)CC2(C)C. The predicted octanol–water partition coefficient (Wildman–Crippen LogP) is 18.6. The van der Waals surface area contributed by atoms with Gasteiger partial charge in [-0.1, -0.05) is 172 Å². The van der Waals surface area contributed by atoms with Gasteiger partial charge in [0, 0.05) is 39.2 Å². The van der Waals surface area contributed by atoms with Gasteiger partial charge in [-0.3, -0.25) is 0 Å². The smallest absolute Gasteiger partial charge is 0.0628 e. The van der Waals surface area contributed by atoms with Gasteiger partial charge in [0.25, 0.3) is 0 Å². The molecule has 0 spiro atoms. The van der Waals surface area contributed by atoms with Crippen LogP contribution < -0.4 is 10.6 Å². The van der Waals surface area contributed by atoms with Gasteiger partial charge in [0.1, 0.15) is 0 Å². The van der Waals surface area contributed by atoms with Crippen molar-refractivity contribution in [2.45, 2.75) is 148 Å². The van der Waals surface area contributed by atoms with Crippen molar-refractivity contribution in [3.63, 3.8) is 0 Å². The lowest BCUT2D eigenvalue weighted by atomic mass is 9.62. The maximum Gasteiger partial charge on any atom is 0.0628 e. The van der Waals surface area contributed by atoms with E-state index in [2.05, 4.69) is 221 Å². The van der Waals surface area contributed by atoms with Crippen molar-refractivity contribution in [2.75, 3.05) is 10.6 Å². The van der Waals surface area contributed by atoms with Crippen molar-refractivity contribution >= 4 is 28.3 Å². The topological polar surface area (TPSA) is 29.3 Å². The van der Waals surface area contributed by atoms with Gasteiger partial charge in [0.2, 0.25) is 0 Å². The maximum absolute atomic E-state index is 7.41. The lowest BCUT2D eigenvalue weighted by molar-refractivity contribution is 0.332. The quantitative estimate of drug-likeness (QED) is 0.162. The second kappa shape index (κ2) is 16.0. The fraction of sp³-hybridized carbons (Fsp3) is 0.343. The molecule has 7 aromatic rings. The average Bonchev–Trinajstić information content (AvgIpc) is 3.67. The molecule has 0 aromatic heterocycles. The van der Waals surface area contributed by atoms with E-state index in [1.807, 2.05) is 0 Å². The van der Waals surface area contributed by atoms with E-state index in [-0.39, 0.29) is 27.1 Å². The Bertz CT molecular complexity index is 3220. The Morgan fingerprint density at radius 2 is 1.09 bits per heavy atom. The van der Waals surface area contributed by atoms with Crippen LogP contribution in [0.5, 0.6) is 0 Å². The van der Waals surface area contributed by atoms with Crippen molar-refractivity contribution in [2.24, 2.45) is 0 Å². The first-order valence-corrected chi connectivity index (χ1v) is 25.9. The van der Waals surface area contributed by atoms with Crippen molar-refractivity contribution < 1.29 is 0 Å². The number of allylic oxidation sites excluding steroid dienone is 2. The standard InChI is InChI=1S/C67H72N2/c1-42-36-54-56(66(8,9)41-65(54,6)7)40-59(42)69(48-30-26-45(27-31-48)43-20-14-12-15-21-43)62-60(47-28-32-53-55(38-47)64(4,5)35-34-63(53,2)3)51(39-57-61(62)49-24-18-19-25-52(49)67(57,10)11)50-37-46(29-33-58(50)68)44-22-16-13-17-23-44/h12,14-15,18-22,24-33,36-40H,13,16-17,23,34-35,41,68H2,1-11H3. The van der Waals surface area contributed by atoms with Crippen LogP contribution in [0.4, 0.5) is 22.7 Å². The molecule has 0 fully saturated rings. The Morgan fingerprint density at radius 3 is 1.80 bits per heavy atom. The van der Waals surface area contributed by atoms with Gasteiger partial charge >= 0.3 is 0 Å². The molecule has 0 radical (unpaired) electrons. The molecule has 0 amide bonds. The molecule has 0 unspecified atom stereocenters. The van der Waals surface area contributed by atoms with Gasteiger partial charge in [0.15, 0.2) is 0 Å². The van der Waals surface area contributed by atoms with Crippen LogP contribution in [-0.4, -0.2) is 0 Å². The first-order chi connectivity index (χ1) is 32.8. The highest BCUT2D eigenvalue weighted by atomic mass is 15.2. The van der Waals surface area contributed by atoms with Crippen LogP contribution in [0, 0.1) is 6.92 Å². The summed E-state index contributed by atoms with van der Waals surface area (Å²) in [5.74, 6) is 0. The third-order valence-electron chi connectivity index (χ3n) is 17.4. The summed E-state index contributed by atoms with van der Waals surface area (Å²) in [5.41, 5.74) is 34.1. The van der Waals surface area contributed by atoms with Crippen LogP contribution in [0.25, 0.3) is 50.1 Å². The van der Waals surface area contributed by atoms with Crippen LogP contribution >= 0.6 is 0 Å². The molecule has 69 heavy (non-hydrogen) atoms. The fourth-order valence-corrected chi connectivity index (χ4v) is 13.6. The summed E-state index contributed by atoms with van der Waals surface area (Å²) in [4.78, 5) is 2.68. The minimum absolute atomic E-state index is 0.00487. The van der Waals surface area contributed by atoms with Crippen LogP contribution in [0.15, 0.2) is 140 Å². The molecule has 0 bridgehead atoms. The number of nitrogens with zero attached hydrogens (tertiary/aromatic N) is 1. The normalized spacial score (nSPS) is 18.7. The lowest BCUT2D eigenvalue weighted by Crippen LogP contribution is -2.33. The molecular weight excluding hydrogens is 833 g/mol. The number of benzene rings is 7. The number of hydrogen-bond acceptors (Lipinski definition) is 2. The van der Waals surface area contributed by atoms with Gasteiger partial charge in [-0.15, -0.1) is 0 Å². The zero-order valence-corrected chi connectivity index (χ0v) is 43.3. The highest BCUT2D eigenvalue weighted by Gasteiger charge is 2.45. The first-order valence-electron chi connectivity index (χ1n) is 25.9. The summed E-state index contributed by atoms with van der Waals surface area (Å²) in [5, 5.41) is 0. The number of nitrogen functional groups attached to an aromatic ring is 1. The van der Waals surface area contributed by atoms with E-state index in [0.29, 0.717) is 0 Å². The second-order valence-electron chi connectivity index (χ2n) is 24.4. The van der Waals surface area contributed by atoms with Crippen molar-refractivity contribution in [1.29, 1.82) is 0 Å². The molecule has 350 valence electrons. The molecule has 2 nitrogen and oxygen atoms in total. The zero-order valence-electron chi connectivity index (χ0n) is 43.3. The molecule has 2 N–H and O–H groups in total. The van der Waals surface area contributed by atoms with Crippen LogP contribution in [0.3, 0.4) is 0 Å². The number of rotatable bonds is 7. The van der Waals surface area contributed by atoms with E-state index < -0.39 is 0 Å². The number of nitrogens with two attached hydrogens (primary N) is 1. The summed E-state index contributed by atoms with van der Waals surface area (Å²) in [6.45, 7) is 26.8. The van der Waals surface area contributed by atoms with Gasteiger partial charge in [0.05, 0.1) is 5.69 Å². The number of anilines is 4. The molecule has 7 aromatic carbocycles.